The van der Waals surface area contributed by atoms with E-state index < -0.39 is 4.92 Å². The number of nitrogens with one attached hydrogen (secondary N) is 1. The Bertz CT molecular complexity index is 1100. The quantitative estimate of drug-likeness (QED) is 0.544. The lowest BCUT2D eigenvalue weighted by Crippen LogP contribution is -2.23. The molecule has 2 aliphatic rings. The van der Waals surface area contributed by atoms with Crippen LogP contribution in [0.2, 0.25) is 0 Å². The number of amides is 1. The van der Waals surface area contributed by atoms with Gasteiger partial charge in [0.1, 0.15) is 11.5 Å². The van der Waals surface area contributed by atoms with Gasteiger partial charge < -0.3 is 19.2 Å². The number of fused-ring (bicyclic) bond motifs is 2. The normalized spacial score (nSPS) is 17.1. The molecule has 3 heterocycles. The molecule has 0 fully saturated rings. The Morgan fingerprint density at radius 2 is 1.79 bits per heavy atom. The molecule has 1 atom stereocenters. The third kappa shape index (κ3) is 2.66. The van der Waals surface area contributed by atoms with Gasteiger partial charge in [-0.1, -0.05) is 0 Å². The average molecular weight is 378 g/mol. The van der Waals surface area contributed by atoms with Gasteiger partial charge >= 0.3 is 0 Å². The number of furan rings is 1. The van der Waals surface area contributed by atoms with E-state index in [1.54, 1.807) is 24.3 Å². The first-order valence-corrected chi connectivity index (χ1v) is 8.66. The van der Waals surface area contributed by atoms with Crippen molar-refractivity contribution in [3.63, 3.8) is 0 Å². The van der Waals surface area contributed by atoms with Crippen LogP contribution in [0.25, 0.3) is 11.3 Å². The molecule has 0 unspecified atom stereocenters. The minimum atomic E-state index is -0.445. The molecule has 3 aromatic rings. The summed E-state index contributed by atoms with van der Waals surface area (Å²) in [6, 6.07) is 13.4. The Hall–Kier alpha value is -3.81. The fraction of sp³-hybridized carbons (Fsp3) is 0.150. The summed E-state index contributed by atoms with van der Waals surface area (Å²) in [7, 11) is 0. The van der Waals surface area contributed by atoms with Gasteiger partial charge in [-0.15, -0.1) is 0 Å². The Morgan fingerprint density at radius 3 is 2.54 bits per heavy atom. The van der Waals surface area contributed by atoms with E-state index in [-0.39, 0.29) is 30.7 Å². The van der Waals surface area contributed by atoms with Crippen LogP contribution in [-0.4, -0.2) is 17.6 Å². The first-order valence-electron chi connectivity index (χ1n) is 8.66. The fourth-order valence-electron chi connectivity index (χ4n) is 3.55. The van der Waals surface area contributed by atoms with Crippen LogP contribution in [0.4, 0.5) is 11.4 Å². The van der Waals surface area contributed by atoms with Crippen molar-refractivity contribution in [3.8, 4) is 22.8 Å². The fourth-order valence-corrected chi connectivity index (χ4v) is 3.55. The molecule has 0 saturated heterocycles. The molecule has 0 saturated carbocycles. The monoisotopic (exact) mass is 378 g/mol. The van der Waals surface area contributed by atoms with Gasteiger partial charge in [0.25, 0.3) is 5.69 Å². The molecular formula is C20H14N2O6. The molecule has 140 valence electrons. The van der Waals surface area contributed by atoms with Crippen molar-refractivity contribution < 1.29 is 23.6 Å². The van der Waals surface area contributed by atoms with Gasteiger partial charge in [-0.2, -0.15) is 0 Å². The number of hydrogen-bond acceptors (Lipinski definition) is 6. The molecule has 0 bridgehead atoms. The van der Waals surface area contributed by atoms with Crippen molar-refractivity contribution in [3.05, 3.63) is 70.0 Å². The highest BCUT2D eigenvalue weighted by molar-refractivity contribution is 5.96. The molecule has 0 aliphatic carbocycles. The van der Waals surface area contributed by atoms with E-state index in [9.17, 15) is 14.9 Å². The van der Waals surface area contributed by atoms with Crippen LogP contribution in [0.5, 0.6) is 11.5 Å². The van der Waals surface area contributed by atoms with Gasteiger partial charge in [0.15, 0.2) is 11.5 Å². The molecule has 1 amide bonds. The smallest absolute Gasteiger partial charge is 0.269 e. The van der Waals surface area contributed by atoms with Crippen molar-refractivity contribution in [1.82, 2.24) is 0 Å². The third-order valence-electron chi connectivity index (χ3n) is 4.92. The topological polar surface area (TPSA) is 104 Å². The van der Waals surface area contributed by atoms with E-state index in [2.05, 4.69) is 5.32 Å². The van der Waals surface area contributed by atoms with Gasteiger partial charge in [-0.3, -0.25) is 14.9 Å². The van der Waals surface area contributed by atoms with E-state index in [0.717, 1.165) is 11.1 Å². The summed E-state index contributed by atoms with van der Waals surface area (Å²) in [4.78, 5) is 22.6. The molecule has 2 aliphatic heterocycles. The van der Waals surface area contributed by atoms with Crippen molar-refractivity contribution in [2.75, 3.05) is 12.1 Å². The molecular weight excluding hydrogens is 364 g/mol. The second-order valence-electron chi connectivity index (χ2n) is 6.60. The van der Waals surface area contributed by atoms with Gasteiger partial charge in [0.05, 0.1) is 10.8 Å². The number of rotatable bonds is 3. The van der Waals surface area contributed by atoms with Crippen molar-refractivity contribution in [2.45, 2.75) is 12.3 Å². The first kappa shape index (κ1) is 16.4. The zero-order valence-corrected chi connectivity index (χ0v) is 14.5. The molecule has 8 nitrogen and oxygen atoms in total. The van der Waals surface area contributed by atoms with E-state index in [1.807, 2.05) is 12.1 Å². The summed E-state index contributed by atoms with van der Waals surface area (Å²) in [5.74, 6) is 2.10. The van der Waals surface area contributed by atoms with E-state index >= 15 is 0 Å². The van der Waals surface area contributed by atoms with Gasteiger partial charge in [0, 0.05) is 35.9 Å². The van der Waals surface area contributed by atoms with Crippen molar-refractivity contribution >= 4 is 17.3 Å². The Kier molecular flexibility index (Phi) is 3.58. The maximum absolute atomic E-state index is 12.2. The summed E-state index contributed by atoms with van der Waals surface area (Å²) >= 11 is 0. The summed E-state index contributed by atoms with van der Waals surface area (Å²) in [5.41, 5.74) is 2.32. The van der Waals surface area contributed by atoms with Crippen molar-refractivity contribution in [1.29, 1.82) is 0 Å². The number of carbonyl (C=O) groups excluding carboxylic acids is 1. The van der Waals surface area contributed by atoms with Gasteiger partial charge in [-0.25, -0.2) is 0 Å². The average Bonchev–Trinajstić information content (AvgIpc) is 3.35. The zero-order chi connectivity index (χ0) is 19.3. The summed E-state index contributed by atoms with van der Waals surface area (Å²) < 4.78 is 16.9. The third-order valence-corrected chi connectivity index (χ3v) is 4.92. The van der Waals surface area contributed by atoms with Gasteiger partial charge in [0.2, 0.25) is 12.7 Å². The number of benzene rings is 2. The molecule has 1 N–H and O–H groups in total. The highest BCUT2D eigenvalue weighted by Crippen LogP contribution is 2.45. The van der Waals surface area contributed by atoms with Crippen LogP contribution >= 0.6 is 0 Å². The predicted octanol–water partition coefficient (Wildman–Crippen LogP) is 4.06. The number of non-ortho nitro benzene ring substituents is 1. The number of ether oxygens (including phenoxy) is 2. The maximum atomic E-state index is 12.2. The number of nitro benzene ring substituents is 1. The number of carbonyl (C=O) groups is 1. The largest absolute Gasteiger partial charge is 0.460 e. The Morgan fingerprint density at radius 1 is 1.04 bits per heavy atom. The number of anilines is 1. The minimum Gasteiger partial charge on any atom is -0.460 e. The molecule has 0 spiro atoms. The molecule has 2 aromatic carbocycles. The van der Waals surface area contributed by atoms with E-state index in [0.29, 0.717) is 28.7 Å². The SMILES string of the molecule is O=C1C[C@@H](c2ccc(-c3ccc([N+](=O)[O-])cc3)o2)c2cc3c(cc2N1)OCO3. The van der Waals surface area contributed by atoms with Crippen LogP contribution in [0, 0.1) is 10.1 Å². The number of nitrogens with zero attached hydrogens (tertiary/aromatic N) is 1. The number of nitro groups is 1. The highest BCUT2D eigenvalue weighted by Gasteiger charge is 2.31. The van der Waals surface area contributed by atoms with Crippen LogP contribution < -0.4 is 14.8 Å². The first-order chi connectivity index (χ1) is 13.6. The van der Waals surface area contributed by atoms with E-state index in [1.165, 1.54) is 12.1 Å². The summed E-state index contributed by atoms with van der Waals surface area (Å²) in [6.45, 7) is 0.155. The predicted molar refractivity (Wildman–Crippen MR) is 98.5 cm³/mol. The van der Waals surface area contributed by atoms with Crippen molar-refractivity contribution in [2.24, 2.45) is 0 Å². The van der Waals surface area contributed by atoms with Gasteiger partial charge in [-0.05, 0) is 35.9 Å². The van der Waals surface area contributed by atoms with E-state index in [4.69, 9.17) is 13.9 Å². The molecule has 28 heavy (non-hydrogen) atoms. The lowest BCUT2D eigenvalue weighted by atomic mass is 9.88. The Labute approximate surface area is 158 Å². The summed E-state index contributed by atoms with van der Waals surface area (Å²) in [6.07, 6.45) is 0.250. The molecule has 0 radical (unpaired) electrons. The summed E-state index contributed by atoms with van der Waals surface area (Å²) in [5, 5.41) is 13.7. The zero-order valence-electron chi connectivity index (χ0n) is 14.5. The lowest BCUT2D eigenvalue weighted by molar-refractivity contribution is -0.384. The second-order valence-corrected chi connectivity index (χ2v) is 6.60. The highest BCUT2D eigenvalue weighted by atomic mass is 16.7. The lowest BCUT2D eigenvalue weighted by Gasteiger charge is -2.24. The molecule has 5 rings (SSSR count). The maximum Gasteiger partial charge on any atom is 0.269 e. The second kappa shape index (κ2) is 6.12. The van der Waals surface area contributed by atoms with Crippen LogP contribution in [0.15, 0.2) is 52.9 Å². The molecule has 1 aromatic heterocycles. The number of hydrogen-bond donors (Lipinski definition) is 1. The standard InChI is InChI=1S/C20H14N2O6/c23-20-8-14(13-7-18-19(27-10-26-18)9-15(13)21-20)17-6-5-16(28-17)11-1-3-12(4-2-11)22(24)25/h1-7,9,14H,8,10H2,(H,21,23)/t14-/m1/s1. The molecule has 8 heteroatoms. The van der Waals surface area contributed by atoms with Crippen LogP contribution in [0.1, 0.15) is 23.7 Å². The minimum absolute atomic E-state index is 0.0180. The van der Waals surface area contributed by atoms with Crippen LogP contribution in [0.3, 0.4) is 0 Å². The Balaban J connectivity index is 1.51. The van der Waals surface area contributed by atoms with Crippen LogP contribution in [-0.2, 0) is 4.79 Å².